The van der Waals surface area contributed by atoms with Crippen molar-refractivity contribution < 1.29 is 23.8 Å². The Morgan fingerprint density at radius 2 is 1.74 bits per heavy atom. The molecule has 3 aliphatic heterocycles. The number of carbonyl (C=O) groups is 2. The molecule has 3 aliphatic rings. The number of benzene rings is 2. The number of carbonyl (C=O) groups excluding carboxylic acids is 2. The van der Waals surface area contributed by atoms with E-state index in [1.165, 1.54) is 0 Å². The zero-order valence-corrected chi connectivity index (χ0v) is 27.7. The highest BCUT2D eigenvalue weighted by molar-refractivity contribution is 5.97. The summed E-state index contributed by atoms with van der Waals surface area (Å²) in [6, 6.07) is 16.4. The predicted octanol–water partition coefficient (Wildman–Crippen LogP) is 6.41. The molecule has 5 heterocycles. The van der Waals surface area contributed by atoms with Crippen molar-refractivity contribution in [3.05, 3.63) is 66.2 Å². The van der Waals surface area contributed by atoms with Gasteiger partial charge in [0.1, 0.15) is 23.3 Å². The van der Waals surface area contributed by atoms with Gasteiger partial charge in [-0.15, -0.1) is 0 Å². The van der Waals surface area contributed by atoms with Gasteiger partial charge >= 0.3 is 6.09 Å². The zero-order chi connectivity index (χ0) is 32.7. The van der Waals surface area contributed by atoms with Crippen molar-refractivity contribution in [2.45, 2.75) is 77.7 Å². The first-order valence-corrected chi connectivity index (χ1v) is 16.7. The first kappa shape index (κ1) is 31.2. The minimum absolute atomic E-state index is 0.0752. The third-order valence-electron chi connectivity index (χ3n) is 9.34. The fraction of sp³-hybridized carbons (Fsp3) is 0.459. The number of amides is 2. The maximum absolute atomic E-state index is 12.4. The number of rotatable bonds is 5. The predicted molar refractivity (Wildman–Crippen MR) is 179 cm³/mol. The molecule has 0 radical (unpaired) electrons. The van der Waals surface area contributed by atoms with Crippen molar-refractivity contribution in [3.63, 3.8) is 0 Å². The van der Waals surface area contributed by atoms with Crippen LogP contribution in [0.15, 0.2) is 54.7 Å². The Labute approximate surface area is 275 Å². The molecule has 0 saturated carbocycles. The zero-order valence-electron chi connectivity index (χ0n) is 27.7. The Hall–Kier alpha value is -4.44. The van der Waals surface area contributed by atoms with E-state index in [0.717, 1.165) is 89.6 Å². The standard InChI is InChI=1S/C37H43N5O5/c1-24(43)40-16-17-42-33(23-40)34(39-35(42)26-13-18-45-19-14-26)30-7-5-6-27-20-32(38-21-31(27)30)25-8-10-28(11-9-25)46-29-12-15-41(22-29)36(44)47-37(2,3)4/h5-11,20-21,26,29H,12-19,22-23H2,1-4H3/t29-/m1/s1. The van der Waals surface area contributed by atoms with Gasteiger partial charge in [0.25, 0.3) is 0 Å². The molecule has 10 heteroatoms. The minimum Gasteiger partial charge on any atom is -0.489 e. The lowest BCUT2D eigenvalue weighted by molar-refractivity contribution is -0.130. The fourth-order valence-corrected chi connectivity index (χ4v) is 6.90. The van der Waals surface area contributed by atoms with Crippen molar-refractivity contribution in [2.24, 2.45) is 0 Å². The molecule has 1 atom stereocenters. The second kappa shape index (κ2) is 12.6. The van der Waals surface area contributed by atoms with Gasteiger partial charge in [-0.05, 0) is 69.3 Å². The van der Waals surface area contributed by atoms with E-state index in [-0.39, 0.29) is 18.1 Å². The van der Waals surface area contributed by atoms with Gasteiger partial charge in [-0.1, -0.05) is 18.2 Å². The van der Waals surface area contributed by atoms with Crippen LogP contribution < -0.4 is 4.74 Å². The Morgan fingerprint density at radius 3 is 2.49 bits per heavy atom. The molecule has 10 nitrogen and oxygen atoms in total. The molecule has 2 amide bonds. The normalized spacial score (nSPS) is 18.8. The van der Waals surface area contributed by atoms with Gasteiger partial charge in [0, 0.05) is 74.8 Å². The van der Waals surface area contributed by atoms with Crippen LogP contribution in [-0.2, 0) is 27.4 Å². The first-order chi connectivity index (χ1) is 22.6. The number of imidazole rings is 1. The van der Waals surface area contributed by atoms with Crippen LogP contribution >= 0.6 is 0 Å². The van der Waals surface area contributed by atoms with Crippen LogP contribution in [0.3, 0.4) is 0 Å². The summed E-state index contributed by atoms with van der Waals surface area (Å²) in [5.41, 5.74) is 4.42. The summed E-state index contributed by atoms with van der Waals surface area (Å²) in [4.78, 5) is 38.6. The summed E-state index contributed by atoms with van der Waals surface area (Å²) >= 11 is 0. The Bertz CT molecular complexity index is 1790. The number of hydrogen-bond donors (Lipinski definition) is 0. The van der Waals surface area contributed by atoms with E-state index < -0.39 is 5.60 Å². The summed E-state index contributed by atoms with van der Waals surface area (Å²) < 4.78 is 19.7. The molecule has 0 bridgehead atoms. The smallest absolute Gasteiger partial charge is 0.410 e. The molecule has 2 aromatic carbocycles. The summed E-state index contributed by atoms with van der Waals surface area (Å²) in [6.45, 7) is 11.9. The maximum atomic E-state index is 12.4. The second-order valence-corrected chi connectivity index (χ2v) is 13.8. The lowest BCUT2D eigenvalue weighted by Crippen LogP contribution is -2.37. The molecule has 246 valence electrons. The quantitative estimate of drug-likeness (QED) is 0.249. The van der Waals surface area contributed by atoms with E-state index in [0.29, 0.717) is 32.1 Å². The highest BCUT2D eigenvalue weighted by atomic mass is 16.6. The maximum Gasteiger partial charge on any atom is 0.410 e. The van der Waals surface area contributed by atoms with Gasteiger partial charge in [-0.25, -0.2) is 9.78 Å². The molecule has 0 spiro atoms. The van der Waals surface area contributed by atoms with E-state index in [1.807, 2.05) is 56.1 Å². The molecular formula is C37H43N5O5. The van der Waals surface area contributed by atoms with Crippen LogP contribution in [0.5, 0.6) is 5.75 Å². The van der Waals surface area contributed by atoms with Crippen LogP contribution in [0.1, 0.15) is 64.4 Å². The third kappa shape index (κ3) is 6.56. The molecule has 7 rings (SSSR count). The fourth-order valence-electron chi connectivity index (χ4n) is 6.90. The largest absolute Gasteiger partial charge is 0.489 e. The molecule has 2 aromatic heterocycles. The Balaban J connectivity index is 1.12. The summed E-state index contributed by atoms with van der Waals surface area (Å²) in [7, 11) is 0. The van der Waals surface area contributed by atoms with Gasteiger partial charge in [0.05, 0.1) is 30.2 Å². The van der Waals surface area contributed by atoms with E-state index in [4.69, 9.17) is 24.2 Å². The lowest BCUT2D eigenvalue weighted by atomic mass is 9.99. The molecule has 0 aliphatic carbocycles. The average molecular weight is 638 g/mol. The van der Waals surface area contributed by atoms with Gasteiger partial charge < -0.3 is 28.6 Å². The molecule has 2 fully saturated rings. The van der Waals surface area contributed by atoms with Crippen molar-refractivity contribution in [2.75, 3.05) is 32.8 Å². The number of likely N-dealkylation sites (tertiary alicyclic amines) is 1. The van der Waals surface area contributed by atoms with E-state index in [2.05, 4.69) is 28.8 Å². The number of aromatic nitrogens is 3. The Morgan fingerprint density at radius 1 is 0.957 bits per heavy atom. The number of nitrogens with zero attached hydrogens (tertiary/aromatic N) is 5. The van der Waals surface area contributed by atoms with E-state index >= 15 is 0 Å². The van der Waals surface area contributed by atoms with Crippen molar-refractivity contribution >= 4 is 22.8 Å². The topological polar surface area (TPSA) is 99.0 Å². The van der Waals surface area contributed by atoms with Crippen molar-refractivity contribution in [3.8, 4) is 28.3 Å². The van der Waals surface area contributed by atoms with Gasteiger partial charge in [-0.3, -0.25) is 9.78 Å². The van der Waals surface area contributed by atoms with Crippen molar-refractivity contribution in [1.82, 2.24) is 24.3 Å². The summed E-state index contributed by atoms with van der Waals surface area (Å²) in [6.07, 6.45) is 4.26. The van der Waals surface area contributed by atoms with Crippen molar-refractivity contribution in [1.29, 1.82) is 0 Å². The van der Waals surface area contributed by atoms with Gasteiger partial charge in [0.2, 0.25) is 5.91 Å². The highest BCUT2D eigenvalue weighted by Gasteiger charge is 2.32. The second-order valence-electron chi connectivity index (χ2n) is 13.8. The molecule has 0 N–H and O–H groups in total. The number of fused-ring (bicyclic) bond motifs is 2. The van der Waals surface area contributed by atoms with Crippen LogP contribution in [0.2, 0.25) is 0 Å². The van der Waals surface area contributed by atoms with E-state index in [1.54, 1.807) is 11.8 Å². The highest BCUT2D eigenvalue weighted by Crippen LogP contribution is 2.38. The van der Waals surface area contributed by atoms with Crippen LogP contribution in [-0.4, -0.2) is 80.9 Å². The monoisotopic (exact) mass is 637 g/mol. The third-order valence-corrected chi connectivity index (χ3v) is 9.34. The van der Waals surface area contributed by atoms with Gasteiger partial charge in [0.15, 0.2) is 0 Å². The Kier molecular flexibility index (Phi) is 8.38. The molecule has 0 unspecified atom stereocenters. The lowest BCUT2D eigenvalue weighted by Gasteiger charge is -2.30. The van der Waals surface area contributed by atoms with Crippen LogP contribution in [0.4, 0.5) is 4.79 Å². The number of hydrogen-bond acceptors (Lipinski definition) is 7. The molecule has 4 aromatic rings. The first-order valence-electron chi connectivity index (χ1n) is 16.7. The van der Waals surface area contributed by atoms with Gasteiger partial charge in [-0.2, -0.15) is 0 Å². The molecule has 47 heavy (non-hydrogen) atoms. The molecule has 2 saturated heterocycles. The van der Waals surface area contributed by atoms with Crippen LogP contribution in [0, 0.1) is 0 Å². The number of ether oxygens (including phenoxy) is 3. The summed E-state index contributed by atoms with van der Waals surface area (Å²) in [5, 5.41) is 2.11. The number of pyridine rings is 1. The SMILES string of the molecule is CC(=O)N1CCn2c(C3CCOCC3)nc(-c3cccc4cc(-c5ccc(O[C@@H]6CCN(C(=O)OC(C)(C)C)C6)cc5)ncc34)c2C1. The average Bonchev–Trinajstić information content (AvgIpc) is 3.69. The summed E-state index contributed by atoms with van der Waals surface area (Å²) in [5.74, 6) is 2.31. The minimum atomic E-state index is -0.518. The molecular weight excluding hydrogens is 594 g/mol. The van der Waals surface area contributed by atoms with Crippen LogP contribution in [0.25, 0.3) is 33.3 Å². The van der Waals surface area contributed by atoms with E-state index in [9.17, 15) is 9.59 Å².